The molecule has 1 fully saturated rings. The Morgan fingerprint density at radius 2 is 2.12 bits per heavy atom. The minimum absolute atomic E-state index is 0. The SMILES string of the molecule is COc1ccc(NC(=O)c2nnn(C3CCNCC3)c2C)cc1F.Cl. The summed E-state index contributed by atoms with van der Waals surface area (Å²) in [5.41, 5.74) is 1.31. The topological polar surface area (TPSA) is 81.1 Å². The maximum atomic E-state index is 13.7. The molecule has 25 heavy (non-hydrogen) atoms. The molecule has 1 aromatic carbocycles. The van der Waals surface area contributed by atoms with Gasteiger partial charge in [0.1, 0.15) is 0 Å². The average molecular weight is 370 g/mol. The number of methoxy groups -OCH3 is 1. The largest absolute Gasteiger partial charge is 0.494 e. The molecule has 1 aromatic heterocycles. The van der Waals surface area contributed by atoms with Crippen molar-refractivity contribution in [3.63, 3.8) is 0 Å². The quantitative estimate of drug-likeness (QED) is 0.864. The van der Waals surface area contributed by atoms with Crippen LogP contribution in [0.5, 0.6) is 5.75 Å². The molecule has 1 saturated heterocycles. The molecule has 2 aromatic rings. The van der Waals surface area contributed by atoms with E-state index in [1.54, 1.807) is 6.07 Å². The van der Waals surface area contributed by atoms with E-state index in [-0.39, 0.29) is 29.9 Å². The molecule has 0 radical (unpaired) electrons. The van der Waals surface area contributed by atoms with Gasteiger partial charge in [-0.3, -0.25) is 4.79 Å². The number of anilines is 1. The van der Waals surface area contributed by atoms with E-state index in [0.29, 0.717) is 11.4 Å². The average Bonchev–Trinajstić information content (AvgIpc) is 2.97. The number of hydrogen-bond donors (Lipinski definition) is 2. The van der Waals surface area contributed by atoms with Gasteiger partial charge in [0.15, 0.2) is 17.3 Å². The predicted molar refractivity (Wildman–Crippen MR) is 94.1 cm³/mol. The van der Waals surface area contributed by atoms with Crippen LogP contribution in [0.4, 0.5) is 10.1 Å². The highest BCUT2D eigenvalue weighted by molar-refractivity contribution is 6.03. The van der Waals surface area contributed by atoms with Crippen molar-refractivity contribution in [3.05, 3.63) is 35.4 Å². The van der Waals surface area contributed by atoms with Crippen LogP contribution in [0.25, 0.3) is 0 Å². The Morgan fingerprint density at radius 1 is 1.40 bits per heavy atom. The first-order valence-electron chi connectivity index (χ1n) is 7.87. The fourth-order valence-corrected chi connectivity index (χ4v) is 2.88. The number of rotatable bonds is 4. The standard InChI is InChI=1S/C16H20FN5O2.ClH/c1-10-15(20-21-22(10)12-5-7-18-8-6-12)16(23)19-11-3-4-14(24-2)13(17)9-11;/h3-4,9,12,18H,5-8H2,1-2H3,(H,19,23);1H. The number of nitrogens with zero attached hydrogens (tertiary/aromatic N) is 3. The third kappa shape index (κ3) is 4.08. The van der Waals surface area contributed by atoms with Crippen LogP contribution < -0.4 is 15.4 Å². The van der Waals surface area contributed by atoms with Crippen LogP contribution in [-0.2, 0) is 0 Å². The number of amides is 1. The Morgan fingerprint density at radius 3 is 2.76 bits per heavy atom. The van der Waals surface area contributed by atoms with E-state index >= 15 is 0 Å². The second-order valence-electron chi connectivity index (χ2n) is 5.75. The summed E-state index contributed by atoms with van der Waals surface area (Å²) in [6.45, 7) is 3.68. The third-order valence-electron chi connectivity index (χ3n) is 4.21. The molecule has 1 amide bonds. The second-order valence-corrected chi connectivity index (χ2v) is 5.75. The monoisotopic (exact) mass is 369 g/mol. The van der Waals surface area contributed by atoms with Gasteiger partial charge in [-0.1, -0.05) is 5.21 Å². The van der Waals surface area contributed by atoms with Crippen molar-refractivity contribution < 1.29 is 13.9 Å². The van der Waals surface area contributed by atoms with Crippen LogP contribution in [-0.4, -0.2) is 41.1 Å². The van der Waals surface area contributed by atoms with Crippen LogP contribution in [0, 0.1) is 12.7 Å². The van der Waals surface area contributed by atoms with E-state index in [0.717, 1.165) is 25.9 Å². The molecule has 2 heterocycles. The minimum atomic E-state index is -0.537. The molecular formula is C16H21ClFN5O2. The van der Waals surface area contributed by atoms with Gasteiger partial charge in [-0.25, -0.2) is 9.07 Å². The van der Waals surface area contributed by atoms with Crippen molar-refractivity contribution in [2.75, 3.05) is 25.5 Å². The van der Waals surface area contributed by atoms with Crippen LogP contribution in [0.3, 0.4) is 0 Å². The second kappa shape index (κ2) is 8.26. The van der Waals surface area contributed by atoms with Crippen LogP contribution in [0.2, 0.25) is 0 Å². The van der Waals surface area contributed by atoms with Crippen molar-refractivity contribution in [1.29, 1.82) is 0 Å². The number of hydrogen-bond acceptors (Lipinski definition) is 5. The summed E-state index contributed by atoms with van der Waals surface area (Å²) in [5, 5.41) is 14.1. The molecule has 0 atom stereocenters. The van der Waals surface area contributed by atoms with Crippen molar-refractivity contribution in [2.45, 2.75) is 25.8 Å². The summed E-state index contributed by atoms with van der Waals surface area (Å²) in [6, 6.07) is 4.50. The Hall–Kier alpha value is -2.19. The maximum absolute atomic E-state index is 13.7. The molecule has 7 nitrogen and oxygen atoms in total. The number of halogens is 2. The van der Waals surface area contributed by atoms with Gasteiger partial charge < -0.3 is 15.4 Å². The number of carbonyl (C=O) groups excluding carboxylic acids is 1. The van der Waals surface area contributed by atoms with E-state index < -0.39 is 11.7 Å². The molecule has 0 unspecified atom stereocenters. The van der Waals surface area contributed by atoms with Crippen LogP contribution >= 0.6 is 12.4 Å². The minimum Gasteiger partial charge on any atom is -0.494 e. The van der Waals surface area contributed by atoms with E-state index in [1.165, 1.54) is 19.2 Å². The summed E-state index contributed by atoms with van der Waals surface area (Å²) in [7, 11) is 1.39. The molecule has 1 aliphatic heterocycles. The smallest absolute Gasteiger partial charge is 0.278 e. The van der Waals surface area contributed by atoms with Gasteiger partial charge in [0.05, 0.1) is 18.8 Å². The lowest BCUT2D eigenvalue weighted by atomic mass is 10.1. The molecule has 0 saturated carbocycles. The third-order valence-corrected chi connectivity index (χ3v) is 4.21. The summed E-state index contributed by atoms with van der Waals surface area (Å²) < 4.78 is 20.4. The fourth-order valence-electron chi connectivity index (χ4n) is 2.88. The zero-order valence-electron chi connectivity index (χ0n) is 14.1. The lowest BCUT2D eigenvalue weighted by Crippen LogP contribution is -2.30. The van der Waals surface area contributed by atoms with Crippen LogP contribution in [0.15, 0.2) is 18.2 Å². The normalized spacial score (nSPS) is 14.7. The van der Waals surface area contributed by atoms with Crippen molar-refractivity contribution in [2.24, 2.45) is 0 Å². The van der Waals surface area contributed by atoms with Gasteiger partial charge in [-0.2, -0.15) is 0 Å². The summed E-state index contributed by atoms with van der Waals surface area (Å²) in [4.78, 5) is 12.4. The van der Waals surface area contributed by atoms with Gasteiger partial charge in [0.25, 0.3) is 5.91 Å². The lowest BCUT2D eigenvalue weighted by molar-refractivity contribution is 0.102. The summed E-state index contributed by atoms with van der Waals surface area (Å²) in [6.07, 6.45) is 1.91. The molecular weight excluding hydrogens is 349 g/mol. The van der Waals surface area contributed by atoms with Gasteiger partial charge in [-0.15, -0.1) is 17.5 Å². The van der Waals surface area contributed by atoms with Crippen molar-refractivity contribution in [1.82, 2.24) is 20.3 Å². The lowest BCUT2D eigenvalue weighted by Gasteiger charge is -2.23. The van der Waals surface area contributed by atoms with Crippen molar-refractivity contribution >= 4 is 24.0 Å². The molecule has 0 spiro atoms. The van der Waals surface area contributed by atoms with Gasteiger partial charge in [0, 0.05) is 11.8 Å². The van der Waals surface area contributed by atoms with Crippen LogP contribution in [0.1, 0.15) is 35.1 Å². The highest BCUT2D eigenvalue weighted by Gasteiger charge is 2.23. The fraction of sp³-hybridized carbons (Fsp3) is 0.438. The summed E-state index contributed by atoms with van der Waals surface area (Å²) in [5.74, 6) is -0.816. The molecule has 0 bridgehead atoms. The maximum Gasteiger partial charge on any atom is 0.278 e. The summed E-state index contributed by atoms with van der Waals surface area (Å²) >= 11 is 0. The van der Waals surface area contributed by atoms with Gasteiger partial charge >= 0.3 is 0 Å². The number of nitrogens with one attached hydrogen (secondary N) is 2. The molecule has 0 aliphatic carbocycles. The van der Waals surface area contributed by atoms with E-state index in [1.807, 2.05) is 11.6 Å². The number of piperidine rings is 1. The van der Waals surface area contributed by atoms with E-state index in [4.69, 9.17) is 4.74 Å². The molecule has 3 rings (SSSR count). The predicted octanol–water partition coefficient (Wildman–Crippen LogP) is 2.33. The molecule has 9 heteroatoms. The first kappa shape index (κ1) is 19.1. The number of benzene rings is 1. The highest BCUT2D eigenvalue weighted by atomic mass is 35.5. The molecule has 2 N–H and O–H groups in total. The number of carbonyl (C=O) groups is 1. The van der Waals surface area contributed by atoms with Gasteiger partial charge in [-0.05, 0) is 45.0 Å². The number of aromatic nitrogens is 3. The van der Waals surface area contributed by atoms with Crippen molar-refractivity contribution in [3.8, 4) is 5.75 Å². The first-order valence-corrected chi connectivity index (χ1v) is 7.87. The Kier molecular flexibility index (Phi) is 6.33. The Balaban J connectivity index is 0.00000225. The highest BCUT2D eigenvalue weighted by Crippen LogP contribution is 2.23. The van der Waals surface area contributed by atoms with E-state index in [2.05, 4.69) is 20.9 Å². The first-order chi connectivity index (χ1) is 11.6. The molecule has 136 valence electrons. The molecule has 1 aliphatic rings. The Bertz CT molecular complexity index is 746. The Labute approximate surface area is 151 Å². The van der Waals surface area contributed by atoms with Gasteiger partial charge in [0.2, 0.25) is 0 Å². The van der Waals surface area contributed by atoms with E-state index in [9.17, 15) is 9.18 Å². The zero-order chi connectivity index (χ0) is 17.1. The number of ether oxygens (including phenoxy) is 1. The zero-order valence-corrected chi connectivity index (χ0v) is 14.9.